The molecule has 0 spiro atoms. The predicted octanol–water partition coefficient (Wildman–Crippen LogP) is 3.28. The number of hydrogen-bond donors (Lipinski definition) is 1. The van der Waals surface area contributed by atoms with E-state index < -0.39 is 0 Å². The zero-order valence-electron chi connectivity index (χ0n) is 12.3. The van der Waals surface area contributed by atoms with Gasteiger partial charge in [-0.05, 0) is 83.1 Å². The van der Waals surface area contributed by atoms with Gasteiger partial charge in [0.05, 0.1) is 0 Å². The van der Waals surface area contributed by atoms with Crippen molar-refractivity contribution in [2.45, 2.75) is 58.3 Å². The molecule has 2 rings (SSSR count). The van der Waals surface area contributed by atoms with E-state index in [0.717, 1.165) is 11.8 Å². The molecule has 2 aliphatic rings. The van der Waals surface area contributed by atoms with E-state index in [-0.39, 0.29) is 0 Å². The monoisotopic (exact) mass is 252 g/mol. The van der Waals surface area contributed by atoms with Crippen molar-refractivity contribution in [3.8, 4) is 0 Å². The van der Waals surface area contributed by atoms with Crippen LogP contribution in [0.1, 0.15) is 58.3 Å². The first-order valence-electron chi connectivity index (χ1n) is 8.31. The zero-order chi connectivity index (χ0) is 12.6. The largest absolute Gasteiger partial charge is 0.317 e. The molecule has 0 saturated carbocycles. The predicted molar refractivity (Wildman–Crippen MR) is 78.9 cm³/mol. The molecule has 0 aromatic heterocycles. The third-order valence-electron chi connectivity index (χ3n) is 4.95. The number of nitrogens with zero attached hydrogens (tertiary/aromatic N) is 1. The van der Waals surface area contributed by atoms with E-state index in [0.29, 0.717) is 0 Å². The van der Waals surface area contributed by atoms with E-state index in [1.165, 1.54) is 84.1 Å². The smallest absolute Gasteiger partial charge is 0.00161 e. The van der Waals surface area contributed by atoms with E-state index in [1.807, 2.05) is 0 Å². The van der Waals surface area contributed by atoms with Gasteiger partial charge in [-0.3, -0.25) is 0 Å². The average molecular weight is 252 g/mol. The molecule has 2 saturated heterocycles. The lowest BCUT2D eigenvalue weighted by Gasteiger charge is -2.32. The maximum atomic E-state index is 3.46. The van der Waals surface area contributed by atoms with E-state index in [4.69, 9.17) is 0 Å². The van der Waals surface area contributed by atoms with Gasteiger partial charge in [-0.2, -0.15) is 0 Å². The van der Waals surface area contributed by atoms with Crippen LogP contribution in [0.5, 0.6) is 0 Å². The second-order valence-corrected chi connectivity index (χ2v) is 6.41. The van der Waals surface area contributed by atoms with Crippen LogP contribution in [0.4, 0.5) is 0 Å². The summed E-state index contributed by atoms with van der Waals surface area (Å²) in [5.41, 5.74) is 0. The minimum absolute atomic E-state index is 1.02. The Hall–Kier alpha value is -0.0800. The molecule has 0 amide bonds. The van der Waals surface area contributed by atoms with Crippen molar-refractivity contribution < 1.29 is 0 Å². The molecular formula is C16H32N2. The lowest BCUT2D eigenvalue weighted by Crippen LogP contribution is -2.35. The molecule has 0 aromatic carbocycles. The van der Waals surface area contributed by atoms with E-state index in [9.17, 15) is 0 Å². The van der Waals surface area contributed by atoms with Gasteiger partial charge >= 0.3 is 0 Å². The summed E-state index contributed by atoms with van der Waals surface area (Å²) in [6.45, 7) is 8.95. The molecule has 2 heteroatoms. The third kappa shape index (κ3) is 4.89. The third-order valence-corrected chi connectivity index (χ3v) is 4.95. The van der Waals surface area contributed by atoms with Gasteiger partial charge in [0.2, 0.25) is 0 Å². The minimum atomic E-state index is 1.02. The maximum absolute atomic E-state index is 3.46. The summed E-state index contributed by atoms with van der Waals surface area (Å²) < 4.78 is 0. The highest BCUT2D eigenvalue weighted by Crippen LogP contribution is 2.23. The SMILES string of the molecule is CCCC1CCN(CCCC2CCNCC2)CC1. The second kappa shape index (κ2) is 8.16. The molecular weight excluding hydrogens is 220 g/mol. The van der Waals surface area contributed by atoms with Gasteiger partial charge in [0, 0.05) is 0 Å². The number of likely N-dealkylation sites (tertiary alicyclic amines) is 1. The molecule has 0 atom stereocenters. The molecule has 2 nitrogen and oxygen atoms in total. The van der Waals surface area contributed by atoms with Crippen molar-refractivity contribution in [1.82, 2.24) is 10.2 Å². The Balaban J connectivity index is 1.52. The topological polar surface area (TPSA) is 15.3 Å². The highest BCUT2D eigenvalue weighted by atomic mass is 15.1. The minimum Gasteiger partial charge on any atom is -0.317 e. The first-order chi connectivity index (χ1) is 8.88. The van der Waals surface area contributed by atoms with Gasteiger partial charge < -0.3 is 10.2 Å². The Morgan fingerprint density at radius 1 is 0.944 bits per heavy atom. The van der Waals surface area contributed by atoms with E-state index in [1.54, 1.807) is 0 Å². The van der Waals surface area contributed by atoms with Crippen LogP contribution in [0.3, 0.4) is 0 Å². The van der Waals surface area contributed by atoms with Crippen molar-refractivity contribution in [3.05, 3.63) is 0 Å². The fraction of sp³-hybridized carbons (Fsp3) is 1.00. The summed E-state index contributed by atoms with van der Waals surface area (Å²) in [4.78, 5) is 2.72. The molecule has 2 fully saturated rings. The van der Waals surface area contributed by atoms with Crippen molar-refractivity contribution in [3.63, 3.8) is 0 Å². The van der Waals surface area contributed by atoms with Gasteiger partial charge in [-0.25, -0.2) is 0 Å². The van der Waals surface area contributed by atoms with Crippen LogP contribution >= 0.6 is 0 Å². The lowest BCUT2D eigenvalue weighted by atomic mass is 9.91. The normalized spacial score (nSPS) is 24.5. The summed E-state index contributed by atoms with van der Waals surface area (Å²) in [6, 6.07) is 0. The number of rotatable bonds is 6. The first-order valence-corrected chi connectivity index (χ1v) is 8.31. The standard InChI is InChI=1S/C16H32N2/c1-2-4-15-8-13-18(14-9-15)12-3-5-16-6-10-17-11-7-16/h15-17H,2-14H2,1H3. The van der Waals surface area contributed by atoms with Gasteiger partial charge in [0.15, 0.2) is 0 Å². The summed E-state index contributed by atoms with van der Waals surface area (Å²) in [5.74, 6) is 2.06. The fourth-order valence-electron chi connectivity index (χ4n) is 3.68. The van der Waals surface area contributed by atoms with Crippen LogP contribution in [0, 0.1) is 11.8 Å². The fourth-order valence-corrected chi connectivity index (χ4v) is 3.68. The molecule has 0 aliphatic carbocycles. The molecule has 106 valence electrons. The van der Waals surface area contributed by atoms with Gasteiger partial charge in [0.1, 0.15) is 0 Å². The van der Waals surface area contributed by atoms with Crippen LogP contribution in [0.2, 0.25) is 0 Å². The Morgan fingerprint density at radius 2 is 1.61 bits per heavy atom. The Bertz CT molecular complexity index is 203. The maximum Gasteiger partial charge on any atom is -0.00161 e. The molecule has 18 heavy (non-hydrogen) atoms. The van der Waals surface area contributed by atoms with Gasteiger partial charge in [-0.1, -0.05) is 19.8 Å². The number of nitrogens with one attached hydrogen (secondary N) is 1. The first kappa shape index (κ1) is 14.3. The number of piperidine rings is 2. The number of hydrogen-bond acceptors (Lipinski definition) is 2. The average Bonchev–Trinajstić information content (AvgIpc) is 2.42. The van der Waals surface area contributed by atoms with Crippen LogP contribution in [-0.2, 0) is 0 Å². The van der Waals surface area contributed by atoms with Crippen LogP contribution in [0.25, 0.3) is 0 Å². The van der Waals surface area contributed by atoms with Crippen molar-refractivity contribution in [2.24, 2.45) is 11.8 Å². The van der Waals surface area contributed by atoms with Crippen molar-refractivity contribution in [2.75, 3.05) is 32.7 Å². The molecule has 0 aromatic rings. The molecule has 0 bridgehead atoms. The lowest BCUT2D eigenvalue weighted by molar-refractivity contribution is 0.171. The van der Waals surface area contributed by atoms with Crippen LogP contribution in [-0.4, -0.2) is 37.6 Å². The van der Waals surface area contributed by atoms with Gasteiger partial charge in [-0.15, -0.1) is 0 Å². The van der Waals surface area contributed by atoms with E-state index in [2.05, 4.69) is 17.1 Å². The quantitative estimate of drug-likeness (QED) is 0.780. The summed E-state index contributed by atoms with van der Waals surface area (Å²) in [5, 5.41) is 3.46. The van der Waals surface area contributed by atoms with Crippen LogP contribution in [0.15, 0.2) is 0 Å². The Labute approximate surface area is 114 Å². The summed E-state index contributed by atoms with van der Waals surface area (Å²) in [7, 11) is 0. The highest BCUT2D eigenvalue weighted by Gasteiger charge is 2.18. The summed E-state index contributed by atoms with van der Waals surface area (Å²) >= 11 is 0. The van der Waals surface area contributed by atoms with Crippen LogP contribution < -0.4 is 5.32 Å². The molecule has 0 radical (unpaired) electrons. The zero-order valence-corrected chi connectivity index (χ0v) is 12.3. The highest BCUT2D eigenvalue weighted by molar-refractivity contribution is 4.73. The molecule has 0 unspecified atom stereocenters. The Kier molecular flexibility index (Phi) is 6.50. The van der Waals surface area contributed by atoms with Crippen molar-refractivity contribution >= 4 is 0 Å². The van der Waals surface area contributed by atoms with Gasteiger partial charge in [0.25, 0.3) is 0 Å². The molecule has 2 aliphatic heterocycles. The molecule has 1 N–H and O–H groups in total. The van der Waals surface area contributed by atoms with E-state index >= 15 is 0 Å². The summed E-state index contributed by atoms with van der Waals surface area (Å²) in [6.07, 6.45) is 11.5. The van der Waals surface area contributed by atoms with Crippen molar-refractivity contribution in [1.29, 1.82) is 0 Å². The Morgan fingerprint density at radius 3 is 2.28 bits per heavy atom. The molecule has 2 heterocycles. The second-order valence-electron chi connectivity index (χ2n) is 6.41.